The Bertz CT molecular complexity index is 1020. The molecule has 5 heteroatoms. The van der Waals surface area contributed by atoms with Gasteiger partial charge in [0, 0.05) is 34.9 Å². The number of rotatable bonds is 6. The summed E-state index contributed by atoms with van der Waals surface area (Å²) in [4.78, 5) is 0. The van der Waals surface area contributed by atoms with Gasteiger partial charge in [-0.3, -0.25) is 0 Å². The molecule has 1 aromatic heterocycles. The highest BCUT2D eigenvalue weighted by atomic mass is 79.9. The van der Waals surface area contributed by atoms with E-state index in [2.05, 4.69) is 76.0 Å². The van der Waals surface area contributed by atoms with Gasteiger partial charge in [-0.1, -0.05) is 76.6 Å². The number of benzene rings is 3. The van der Waals surface area contributed by atoms with Crippen LogP contribution in [-0.4, -0.2) is 9.78 Å². The SMILES string of the molecule is Brc1cccc(-c2nn(-c3ccccc3)cc2CNCc2ccccc2)c1.Cl. The topological polar surface area (TPSA) is 29.9 Å². The number of hydrogen-bond acceptors (Lipinski definition) is 2. The third-order valence-electron chi connectivity index (χ3n) is 4.40. The second-order valence-electron chi connectivity index (χ2n) is 6.38. The normalized spacial score (nSPS) is 10.5. The lowest BCUT2D eigenvalue weighted by atomic mass is 10.1. The average Bonchev–Trinajstić information content (AvgIpc) is 3.14. The maximum absolute atomic E-state index is 4.87. The lowest BCUT2D eigenvalue weighted by Gasteiger charge is -2.06. The van der Waals surface area contributed by atoms with E-state index in [4.69, 9.17) is 5.10 Å². The Morgan fingerprint density at radius 2 is 1.54 bits per heavy atom. The van der Waals surface area contributed by atoms with Crippen LogP contribution in [0.3, 0.4) is 0 Å². The molecule has 0 aliphatic carbocycles. The van der Waals surface area contributed by atoms with E-state index in [1.165, 1.54) is 11.1 Å². The van der Waals surface area contributed by atoms with Gasteiger partial charge < -0.3 is 5.32 Å². The average molecular weight is 455 g/mol. The summed E-state index contributed by atoms with van der Waals surface area (Å²) in [6.45, 7) is 1.58. The number of hydrogen-bond donors (Lipinski definition) is 1. The molecule has 0 fully saturated rings. The summed E-state index contributed by atoms with van der Waals surface area (Å²) in [5.74, 6) is 0. The first-order valence-electron chi connectivity index (χ1n) is 8.94. The summed E-state index contributed by atoms with van der Waals surface area (Å²) < 4.78 is 3.01. The lowest BCUT2D eigenvalue weighted by molar-refractivity contribution is 0.694. The van der Waals surface area contributed by atoms with Crippen molar-refractivity contribution in [1.29, 1.82) is 0 Å². The molecule has 1 heterocycles. The second-order valence-corrected chi connectivity index (χ2v) is 7.30. The van der Waals surface area contributed by atoms with Gasteiger partial charge in [0.05, 0.1) is 11.4 Å². The van der Waals surface area contributed by atoms with E-state index in [0.29, 0.717) is 0 Å². The van der Waals surface area contributed by atoms with Crippen LogP contribution in [0.15, 0.2) is 95.6 Å². The zero-order chi connectivity index (χ0) is 18.5. The summed E-state index contributed by atoms with van der Waals surface area (Å²) in [5, 5.41) is 8.42. The summed E-state index contributed by atoms with van der Waals surface area (Å²) >= 11 is 3.57. The van der Waals surface area contributed by atoms with Crippen molar-refractivity contribution < 1.29 is 0 Å². The summed E-state index contributed by atoms with van der Waals surface area (Å²) in [6, 6.07) is 28.9. The Morgan fingerprint density at radius 1 is 0.821 bits per heavy atom. The zero-order valence-corrected chi connectivity index (χ0v) is 17.7. The number of para-hydroxylation sites is 1. The molecule has 0 bridgehead atoms. The minimum Gasteiger partial charge on any atom is -0.308 e. The minimum atomic E-state index is 0. The van der Waals surface area contributed by atoms with Crippen LogP contribution in [0.4, 0.5) is 0 Å². The first kappa shape index (κ1) is 20.3. The van der Waals surface area contributed by atoms with Gasteiger partial charge >= 0.3 is 0 Å². The molecule has 28 heavy (non-hydrogen) atoms. The molecule has 3 nitrogen and oxygen atoms in total. The highest BCUT2D eigenvalue weighted by Gasteiger charge is 2.12. The van der Waals surface area contributed by atoms with Crippen LogP contribution in [0.5, 0.6) is 0 Å². The quantitative estimate of drug-likeness (QED) is 0.386. The van der Waals surface area contributed by atoms with E-state index in [9.17, 15) is 0 Å². The predicted molar refractivity (Wildman–Crippen MR) is 121 cm³/mol. The summed E-state index contributed by atoms with van der Waals surface area (Å²) in [7, 11) is 0. The minimum absolute atomic E-state index is 0. The highest BCUT2D eigenvalue weighted by Crippen LogP contribution is 2.26. The standard InChI is InChI=1S/C23H20BrN3.ClH/c24-21-11-7-10-19(14-21)23-20(16-25-15-18-8-3-1-4-9-18)17-27(26-23)22-12-5-2-6-13-22;/h1-14,17,25H,15-16H2;1H. The fraction of sp³-hybridized carbons (Fsp3) is 0.0870. The van der Waals surface area contributed by atoms with Crippen LogP contribution in [0.25, 0.3) is 16.9 Å². The van der Waals surface area contributed by atoms with Gasteiger partial charge in [0.1, 0.15) is 0 Å². The van der Waals surface area contributed by atoms with Crippen molar-refractivity contribution in [3.8, 4) is 16.9 Å². The van der Waals surface area contributed by atoms with Crippen molar-refractivity contribution in [2.45, 2.75) is 13.1 Å². The number of halogens is 2. The summed E-state index contributed by atoms with van der Waals surface area (Å²) in [5.41, 5.74) is 5.61. The Morgan fingerprint density at radius 3 is 2.25 bits per heavy atom. The first-order valence-corrected chi connectivity index (χ1v) is 9.73. The predicted octanol–water partition coefficient (Wildman–Crippen LogP) is 6.01. The molecular formula is C23H21BrClN3. The van der Waals surface area contributed by atoms with Gasteiger partial charge in [0.15, 0.2) is 0 Å². The van der Waals surface area contributed by atoms with Crippen molar-refractivity contribution in [3.05, 3.63) is 107 Å². The van der Waals surface area contributed by atoms with E-state index in [0.717, 1.165) is 34.5 Å². The third-order valence-corrected chi connectivity index (χ3v) is 4.89. The van der Waals surface area contributed by atoms with Gasteiger partial charge in [0.2, 0.25) is 0 Å². The Kier molecular flexibility index (Phi) is 7.04. The molecule has 4 rings (SSSR count). The van der Waals surface area contributed by atoms with Crippen LogP contribution in [0, 0.1) is 0 Å². The molecule has 1 N–H and O–H groups in total. The lowest BCUT2D eigenvalue weighted by Crippen LogP contribution is -2.12. The third kappa shape index (κ3) is 4.90. The smallest absolute Gasteiger partial charge is 0.0972 e. The molecule has 0 aliphatic heterocycles. The molecule has 142 valence electrons. The van der Waals surface area contributed by atoms with Gasteiger partial charge in [-0.15, -0.1) is 12.4 Å². The zero-order valence-electron chi connectivity index (χ0n) is 15.3. The van der Waals surface area contributed by atoms with E-state index < -0.39 is 0 Å². The molecule has 0 radical (unpaired) electrons. The molecule has 0 aliphatic rings. The van der Waals surface area contributed by atoms with Crippen LogP contribution < -0.4 is 5.32 Å². The van der Waals surface area contributed by atoms with Crippen molar-refractivity contribution in [2.75, 3.05) is 0 Å². The van der Waals surface area contributed by atoms with Crippen molar-refractivity contribution >= 4 is 28.3 Å². The van der Waals surface area contributed by atoms with Crippen LogP contribution in [-0.2, 0) is 13.1 Å². The second kappa shape index (κ2) is 9.69. The largest absolute Gasteiger partial charge is 0.308 e. The van der Waals surface area contributed by atoms with Crippen molar-refractivity contribution in [3.63, 3.8) is 0 Å². The van der Waals surface area contributed by atoms with E-state index in [1.54, 1.807) is 0 Å². The maximum atomic E-state index is 4.87. The molecular weight excluding hydrogens is 434 g/mol. The Hall–Kier alpha value is -2.40. The fourth-order valence-electron chi connectivity index (χ4n) is 3.07. The van der Waals surface area contributed by atoms with E-state index >= 15 is 0 Å². The van der Waals surface area contributed by atoms with E-state index in [-0.39, 0.29) is 12.4 Å². The molecule has 0 saturated carbocycles. The highest BCUT2D eigenvalue weighted by molar-refractivity contribution is 9.10. The number of aromatic nitrogens is 2. The molecule has 3 aromatic carbocycles. The van der Waals surface area contributed by atoms with Crippen LogP contribution >= 0.6 is 28.3 Å². The van der Waals surface area contributed by atoms with Gasteiger partial charge in [-0.05, 0) is 29.8 Å². The van der Waals surface area contributed by atoms with Gasteiger partial charge in [0.25, 0.3) is 0 Å². The molecule has 0 saturated heterocycles. The monoisotopic (exact) mass is 453 g/mol. The van der Waals surface area contributed by atoms with Crippen LogP contribution in [0.1, 0.15) is 11.1 Å². The molecule has 4 aromatic rings. The number of nitrogens with zero attached hydrogens (tertiary/aromatic N) is 2. The molecule has 0 unspecified atom stereocenters. The molecule has 0 atom stereocenters. The molecule has 0 spiro atoms. The van der Waals surface area contributed by atoms with E-state index in [1.807, 2.05) is 41.1 Å². The maximum Gasteiger partial charge on any atom is 0.0972 e. The van der Waals surface area contributed by atoms with Gasteiger partial charge in [-0.2, -0.15) is 5.10 Å². The van der Waals surface area contributed by atoms with Crippen molar-refractivity contribution in [1.82, 2.24) is 15.1 Å². The first-order chi connectivity index (χ1) is 13.3. The summed E-state index contributed by atoms with van der Waals surface area (Å²) in [6.07, 6.45) is 2.11. The number of nitrogens with one attached hydrogen (secondary N) is 1. The Labute approximate surface area is 180 Å². The van der Waals surface area contributed by atoms with Gasteiger partial charge in [-0.25, -0.2) is 4.68 Å². The van der Waals surface area contributed by atoms with Crippen molar-refractivity contribution in [2.24, 2.45) is 0 Å². The van der Waals surface area contributed by atoms with Crippen LogP contribution in [0.2, 0.25) is 0 Å². The fourth-order valence-corrected chi connectivity index (χ4v) is 3.47. The molecule has 0 amide bonds. The Balaban J connectivity index is 0.00000225.